The van der Waals surface area contributed by atoms with E-state index >= 15 is 0 Å². The van der Waals surface area contributed by atoms with Crippen LogP contribution in [-0.4, -0.2) is 23.1 Å². The first-order valence-corrected chi connectivity index (χ1v) is 7.05. The first-order chi connectivity index (χ1) is 8.53. The van der Waals surface area contributed by atoms with Gasteiger partial charge in [-0.3, -0.25) is 0 Å². The molecule has 4 heteroatoms. The highest BCUT2D eigenvalue weighted by Crippen LogP contribution is 2.12. The Morgan fingerprint density at radius 2 is 2.06 bits per heavy atom. The van der Waals surface area contributed by atoms with Crippen LogP contribution < -0.4 is 5.32 Å². The van der Waals surface area contributed by atoms with Crippen molar-refractivity contribution in [2.24, 2.45) is 0 Å². The maximum absolute atomic E-state index is 11.6. The monoisotopic (exact) mass is 266 g/mol. The van der Waals surface area contributed by atoms with Gasteiger partial charge in [0.05, 0.1) is 0 Å². The van der Waals surface area contributed by atoms with Crippen LogP contribution in [0.4, 0.5) is 4.79 Å². The number of amides is 1. The highest BCUT2D eigenvalue weighted by Gasteiger charge is 2.20. The molecule has 0 saturated heterocycles. The van der Waals surface area contributed by atoms with E-state index in [1.54, 1.807) is 11.8 Å². The summed E-state index contributed by atoms with van der Waals surface area (Å²) in [4.78, 5) is 11.6. The summed E-state index contributed by atoms with van der Waals surface area (Å²) < 4.78 is 5.17. The van der Waals surface area contributed by atoms with Crippen molar-refractivity contribution in [1.82, 2.24) is 5.32 Å². The molecule has 18 heavy (non-hydrogen) atoms. The largest absolute Gasteiger partial charge is 0.445 e. The van der Waals surface area contributed by atoms with Gasteiger partial charge in [-0.1, -0.05) is 30.3 Å². The molecule has 0 saturated carbocycles. The molecule has 0 unspecified atom stereocenters. The zero-order chi connectivity index (χ0) is 13.4. The standard InChI is InChI=1S/C14H20NO2S/c1-4-18-11-14(2,3)15-13(16)17-10-12-8-6-5-7-9-12/h5-9H,1,4,10-11H2,2-3H3,(H,15,16). The van der Waals surface area contributed by atoms with Crippen molar-refractivity contribution in [3.63, 3.8) is 0 Å². The second-order valence-electron chi connectivity index (χ2n) is 4.62. The molecule has 99 valence electrons. The van der Waals surface area contributed by atoms with Gasteiger partial charge in [0, 0.05) is 11.3 Å². The first kappa shape index (κ1) is 14.9. The van der Waals surface area contributed by atoms with Gasteiger partial charge in [0.1, 0.15) is 6.61 Å². The number of ether oxygens (including phenoxy) is 1. The number of rotatable bonds is 6. The van der Waals surface area contributed by atoms with E-state index in [-0.39, 0.29) is 11.6 Å². The highest BCUT2D eigenvalue weighted by molar-refractivity contribution is 7.99. The van der Waals surface area contributed by atoms with E-state index in [2.05, 4.69) is 12.2 Å². The molecule has 3 nitrogen and oxygen atoms in total. The third kappa shape index (κ3) is 5.96. The van der Waals surface area contributed by atoms with Crippen LogP contribution in [-0.2, 0) is 11.3 Å². The predicted octanol–water partition coefficient (Wildman–Crippen LogP) is 3.26. The van der Waals surface area contributed by atoms with Crippen molar-refractivity contribution in [3.8, 4) is 0 Å². The van der Waals surface area contributed by atoms with Crippen molar-refractivity contribution < 1.29 is 9.53 Å². The maximum atomic E-state index is 11.6. The molecule has 1 radical (unpaired) electrons. The molecule has 0 heterocycles. The second kappa shape index (κ2) is 7.31. The van der Waals surface area contributed by atoms with E-state index in [4.69, 9.17) is 4.74 Å². The van der Waals surface area contributed by atoms with E-state index in [1.807, 2.05) is 44.2 Å². The molecule has 1 N–H and O–H groups in total. The van der Waals surface area contributed by atoms with Crippen LogP contribution in [0.25, 0.3) is 0 Å². The third-order valence-corrected chi connectivity index (χ3v) is 3.47. The average molecular weight is 266 g/mol. The van der Waals surface area contributed by atoms with Gasteiger partial charge >= 0.3 is 6.09 Å². The molecule has 0 atom stereocenters. The van der Waals surface area contributed by atoms with Gasteiger partial charge in [-0.2, -0.15) is 11.8 Å². The summed E-state index contributed by atoms with van der Waals surface area (Å²) in [5, 5.41) is 2.85. The molecule has 1 rings (SSSR count). The lowest BCUT2D eigenvalue weighted by Gasteiger charge is -2.25. The predicted molar refractivity (Wildman–Crippen MR) is 76.5 cm³/mol. The fourth-order valence-electron chi connectivity index (χ4n) is 1.40. The summed E-state index contributed by atoms with van der Waals surface area (Å²) in [5.41, 5.74) is 0.702. The number of benzene rings is 1. The third-order valence-electron chi connectivity index (χ3n) is 2.26. The molecular weight excluding hydrogens is 246 g/mol. The number of carbonyl (C=O) groups is 1. The second-order valence-corrected chi connectivity index (χ2v) is 5.73. The van der Waals surface area contributed by atoms with Crippen LogP contribution in [0, 0.1) is 6.92 Å². The molecule has 1 aromatic rings. The van der Waals surface area contributed by atoms with Crippen molar-refractivity contribution in [1.29, 1.82) is 0 Å². The lowest BCUT2D eigenvalue weighted by atomic mass is 10.1. The molecule has 0 fully saturated rings. The summed E-state index contributed by atoms with van der Waals surface area (Å²) in [6.45, 7) is 8.00. The van der Waals surface area contributed by atoms with Crippen LogP contribution in [0.5, 0.6) is 0 Å². The van der Waals surface area contributed by atoms with Gasteiger partial charge in [-0.05, 0) is 32.1 Å². The summed E-state index contributed by atoms with van der Waals surface area (Å²) in [5.74, 6) is 1.61. The number of alkyl carbamates (subject to hydrolysis) is 1. The molecular formula is C14H20NO2S. The minimum absolute atomic E-state index is 0.282. The van der Waals surface area contributed by atoms with Crippen LogP contribution in [0.1, 0.15) is 19.4 Å². The number of carbonyl (C=O) groups excluding carboxylic acids is 1. The fraction of sp³-hybridized carbons (Fsp3) is 0.429. The number of hydrogen-bond acceptors (Lipinski definition) is 3. The molecule has 0 bridgehead atoms. The van der Waals surface area contributed by atoms with Crippen LogP contribution in [0.2, 0.25) is 0 Å². The quantitative estimate of drug-likeness (QED) is 0.859. The lowest BCUT2D eigenvalue weighted by molar-refractivity contribution is 0.131. The van der Waals surface area contributed by atoms with Gasteiger partial charge in [0.2, 0.25) is 0 Å². The molecule has 0 aliphatic carbocycles. The van der Waals surface area contributed by atoms with Gasteiger partial charge in [-0.15, -0.1) is 0 Å². The molecule has 0 aromatic heterocycles. The minimum Gasteiger partial charge on any atom is -0.445 e. The summed E-state index contributed by atoms with van der Waals surface area (Å²) in [7, 11) is 0. The highest BCUT2D eigenvalue weighted by atomic mass is 32.2. The van der Waals surface area contributed by atoms with Crippen LogP contribution in [0.3, 0.4) is 0 Å². The first-order valence-electron chi connectivity index (χ1n) is 5.89. The van der Waals surface area contributed by atoms with E-state index < -0.39 is 0 Å². The maximum Gasteiger partial charge on any atom is 0.407 e. The number of hydrogen-bond donors (Lipinski definition) is 1. The zero-order valence-corrected chi connectivity index (χ0v) is 11.8. The molecule has 0 spiro atoms. The summed E-state index contributed by atoms with van der Waals surface area (Å²) in [6, 6.07) is 9.63. The van der Waals surface area contributed by atoms with E-state index in [0.717, 1.165) is 17.1 Å². The lowest BCUT2D eigenvalue weighted by Crippen LogP contribution is -2.45. The van der Waals surface area contributed by atoms with Crippen molar-refractivity contribution in [2.45, 2.75) is 26.0 Å². The zero-order valence-electron chi connectivity index (χ0n) is 10.9. The number of nitrogens with one attached hydrogen (secondary N) is 1. The SMILES string of the molecule is [CH2]CSCC(C)(C)NC(=O)OCc1ccccc1. The summed E-state index contributed by atoms with van der Waals surface area (Å²) in [6.07, 6.45) is -0.381. The molecule has 1 amide bonds. The Kier molecular flexibility index (Phi) is 6.05. The van der Waals surface area contributed by atoms with Gasteiger partial charge in [0.25, 0.3) is 0 Å². The Bertz CT molecular complexity index is 365. The molecule has 0 aliphatic rings. The van der Waals surface area contributed by atoms with E-state index in [0.29, 0.717) is 6.61 Å². The van der Waals surface area contributed by atoms with Crippen LogP contribution >= 0.6 is 11.8 Å². The van der Waals surface area contributed by atoms with E-state index in [9.17, 15) is 4.79 Å². The Balaban J connectivity index is 2.33. The average Bonchev–Trinajstić information content (AvgIpc) is 2.35. The van der Waals surface area contributed by atoms with Crippen molar-refractivity contribution >= 4 is 17.9 Å². The normalized spacial score (nSPS) is 11.1. The molecule has 1 aromatic carbocycles. The Morgan fingerprint density at radius 3 is 2.67 bits per heavy atom. The molecule has 0 aliphatic heterocycles. The van der Waals surface area contributed by atoms with Gasteiger partial charge < -0.3 is 10.1 Å². The smallest absolute Gasteiger partial charge is 0.407 e. The van der Waals surface area contributed by atoms with Gasteiger partial charge in [-0.25, -0.2) is 4.79 Å². The number of thioether (sulfide) groups is 1. The fourth-order valence-corrected chi connectivity index (χ4v) is 2.13. The Hall–Kier alpha value is -1.16. The van der Waals surface area contributed by atoms with E-state index in [1.165, 1.54) is 0 Å². The minimum atomic E-state index is -0.381. The van der Waals surface area contributed by atoms with Gasteiger partial charge in [0.15, 0.2) is 0 Å². The Labute approximate surface area is 113 Å². The Morgan fingerprint density at radius 1 is 1.39 bits per heavy atom. The van der Waals surface area contributed by atoms with Crippen molar-refractivity contribution in [2.75, 3.05) is 11.5 Å². The summed E-state index contributed by atoms with van der Waals surface area (Å²) >= 11 is 1.69. The van der Waals surface area contributed by atoms with Crippen LogP contribution in [0.15, 0.2) is 30.3 Å². The van der Waals surface area contributed by atoms with Crippen molar-refractivity contribution in [3.05, 3.63) is 42.8 Å². The topological polar surface area (TPSA) is 38.3 Å².